The smallest absolute Gasteiger partial charge is 0.255 e. The number of nitrogens with zero attached hydrogens (tertiary/aromatic N) is 3. The van der Waals surface area contributed by atoms with Crippen LogP contribution in [0.5, 0.6) is 0 Å². The summed E-state index contributed by atoms with van der Waals surface area (Å²) >= 11 is 6.00. The summed E-state index contributed by atoms with van der Waals surface area (Å²) in [6.07, 6.45) is 3.99. The molecule has 0 N–H and O–H groups in total. The second kappa shape index (κ2) is 8.81. The predicted molar refractivity (Wildman–Crippen MR) is 105 cm³/mol. The molecule has 2 aromatic rings. The van der Waals surface area contributed by atoms with Gasteiger partial charge < -0.3 is 4.90 Å². The molecule has 4 nitrogen and oxygen atoms in total. The Kier molecular flexibility index (Phi) is 6.45. The van der Waals surface area contributed by atoms with Crippen LogP contribution in [0.3, 0.4) is 0 Å². The van der Waals surface area contributed by atoms with Gasteiger partial charge in [0.05, 0.1) is 10.6 Å². The summed E-state index contributed by atoms with van der Waals surface area (Å²) in [5, 5.41) is 0.467. The third kappa shape index (κ3) is 5.05. The van der Waals surface area contributed by atoms with Crippen LogP contribution in [0, 0.1) is 11.7 Å². The molecule has 1 fully saturated rings. The van der Waals surface area contributed by atoms with E-state index in [0.717, 1.165) is 25.1 Å². The normalized spacial score (nSPS) is 18.6. The molecule has 1 aromatic heterocycles. The minimum absolute atomic E-state index is 0.0284. The van der Waals surface area contributed by atoms with Gasteiger partial charge in [-0.3, -0.25) is 14.7 Å². The van der Waals surface area contributed by atoms with E-state index >= 15 is 0 Å². The molecule has 1 aromatic carbocycles. The molecule has 1 aliphatic rings. The first-order valence-corrected chi connectivity index (χ1v) is 9.70. The van der Waals surface area contributed by atoms with Crippen LogP contribution in [0.15, 0.2) is 42.7 Å². The van der Waals surface area contributed by atoms with Crippen molar-refractivity contribution in [1.82, 2.24) is 14.8 Å². The van der Waals surface area contributed by atoms with Crippen molar-refractivity contribution < 1.29 is 9.18 Å². The predicted octanol–water partition coefficient (Wildman–Crippen LogP) is 4.25. The second-order valence-corrected chi connectivity index (χ2v) is 7.84. The highest BCUT2D eigenvalue weighted by Gasteiger charge is 2.30. The number of rotatable bonds is 4. The summed E-state index contributed by atoms with van der Waals surface area (Å²) in [6.45, 7) is 7.37. The quantitative estimate of drug-likeness (QED) is 0.784. The van der Waals surface area contributed by atoms with E-state index in [-0.39, 0.29) is 17.8 Å². The number of aromatic nitrogens is 1. The zero-order valence-electron chi connectivity index (χ0n) is 15.7. The highest BCUT2D eigenvalue weighted by Crippen LogP contribution is 2.22. The van der Waals surface area contributed by atoms with Crippen LogP contribution in [-0.4, -0.2) is 46.4 Å². The zero-order valence-corrected chi connectivity index (χ0v) is 16.5. The fourth-order valence-corrected chi connectivity index (χ4v) is 3.79. The topological polar surface area (TPSA) is 36.4 Å². The lowest BCUT2D eigenvalue weighted by Gasteiger charge is -2.34. The Hall–Kier alpha value is -1.98. The molecular weight excluding hydrogens is 365 g/mol. The number of carbonyl (C=O) groups excluding carboxylic acids is 1. The molecule has 1 aliphatic heterocycles. The molecule has 0 radical (unpaired) electrons. The van der Waals surface area contributed by atoms with Crippen molar-refractivity contribution in [2.75, 3.05) is 19.6 Å². The van der Waals surface area contributed by atoms with Crippen molar-refractivity contribution >= 4 is 17.5 Å². The Balaban J connectivity index is 1.76. The molecule has 6 heteroatoms. The van der Waals surface area contributed by atoms with Crippen LogP contribution >= 0.6 is 11.6 Å². The van der Waals surface area contributed by atoms with Gasteiger partial charge in [0.2, 0.25) is 0 Å². The molecule has 1 atom stereocenters. The molecule has 0 saturated carbocycles. The monoisotopic (exact) mass is 389 g/mol. The first kappa shape index (κ1) is 19.8. The molecule has 2 heterocycles. The number of halogens is 2. The third-order valence-electron chi connectivity index (χ3n) is 5.06. The second-order valence-electron chi connectivity index (χ2n) is 7.40. The fourth-order valence-electron chi connectivity index (χ4n) is 3.61. The van der Waals surface area contributed by atoms with E-state index in [1.54, 1.807) is 12.3 Å². The van der Waals surface area contributed by atoms with Gasteiger partial charge in [0.1, 0.15) is 5.82 Å². The van der Waals surface area contributed by atoms with Crippen molar-refractivity contribution in [3.8, 4) is 0 Å². The molecule has 144 valence electrons. The van der Waals surface area contributed by atoms with Crippen molar-refractivity contribution in [2.24, 2.45) is 5.92 Å². The maximum atomic E-state index is 13.2. The maximum Gasteiger partial charge on any atom is 0.255 e. The summed E-state index contributed by atoms with van der Waals surface area (Å²) in [6, 6.07) is 8.56. The van der Waals surface area contributed by atoms with Gasteiger partial charge >= 0.3 is 0 Å². The average molecular weight is 390 g/mol. The molecule has 3 rings (SSSR count). The number of pyridine rings is 1. The lowest BCUT2D eigenvalue weighted by molar-refractivity contribution is 0.0702. The number of amides is 1. The lowest BCUT2D eigenvalue weighted by atomic mass is 10.0. The fraction of sp³-hybridized carbons (Fsp3) is 0.429. The Morgan fingerprint density at radius 1 is 1.26 bits per heavy atom. The SMILES string of the molecule is CC(C)[C@@H]1CN(C(=O)c2cncc(Cl)c2)CCCN1Cc1ccc(F)cc1. The number of hydrogen-bond acceptors (Lipinski definition) is 3. The molecule has 0 aliphatic carbocycles. The van der Waals surface area contributed by atoms with Gasteiger partial charge in [-0.1, -0.05) is 37.6 Å². The van der Waals surface area contributed by atoms with Crippen molar-refractivity contribution in [2.45, 2.75) is 32.9 Å². The van der Waals surface area contributed by atoms with Crippen LogP contribution < -0.4 is 0 Å². The summed E-state index contributed by atoms with van der Waals surface area (Å²) in [5.41, 5.74) is 1.61. The standard InChI is InChI=1S/C21H25ClFN3O/c1-15(2)20-14-26(21(27)17-10-18(22)12-24-11-17)9-3-8-25(20)13-16-4-6-19(23)7-5-16/h4-7,10-12,15,20H,3,8-9,13-14H2,1-2H3/t20-/m0/s1. The van der Waals surface area contributed by atoms with Crippen molar-refractivity contribution in [3.05, 3.63) is 64.7 Å². The third-order valence-corrected chi connectivity index (χ3v) is 5.26. The summed E-state index contributed by atoms with van der Waals surface area (Å²) in [7, 11) is 0. The van der Waals surface area contributed by atoms with Crippen LogP contribution in [0.2, 0.25) is 5.02 Å². The number of hydrogen-bond donors (Lipinski definition) is 0. The molecule has 0 spiro atoms. The first-order valence-electron chi connectivity index (χ1n) is 9.32. The largest absolute Gasteiger partial charge is 0.337 e. The van der Waals surface area contributed by atoms with E-state index in [2.05, 4.69) is 23.7 Å². The number of benzene rings is 1. The summed E-state index contributed by atoms with van der Waals surface area (Å²) in [5.74, 6) is 0.137. The molecule has 27 heavy (non-hydrogen) atoms. The number of carbonyl (C=O) groups is 1. The molecule has 1 saturated heterocycles. The van der Waals surface area contributed by atoms with Gasteiger partial charge in [-0.15, -0.1) is 0 Å². The van der Waals surface area contributed by atoms with Crippen molar-refractivity contribution in [3.63, 3.8) is 0 Å². The van der Waals surface area contributed by atoms with Crippen LogP contribution in [0.1, 0.15) is 36.2 Å². The van der Waals surface area contributed by atoms with Crippen LogP contribution in [0.4, 0.5) is 4.39 Å². The van der Waals surface area contributed by atoms with E-state index in [1.807, 2.05) is 17.0 Å². The van der Waals surface area contributed by atoms with E-state index in [9.17, 15) is 9.18 Å². The van der Waals surface area contributed by atoms with Crippen molar-refractivity contribution in [1.29, 1.82) is 0 Å². The van der Waals surface area contributed by atoms with Gasteiger partial charge in [-0.2, -0.15) is 0 Å². The van der Waals surface area contributed by atoms with Crippen LogP contribution in [-0.2, 0) is 6.54 Å². The summed E-state index contributed by atoms with van der Waals surface area (Å²) < 4.78 is 13.2. The van der Waals surface area contributed by atoms with Gasteiger partial charge in [0.25, 0.3) is 5.91 Å². The first-order chi connectivity index (χ1) is 12.9. The minimum atomic E-state index is -0.220. The van der Waals surface area contributed by atoms with E-state index < -0.39 is 0 Å². The average Bonchev–Trinajstić information content (AvgIpc) is 2.86. The minimum Gasteiger partial charge on any atom is -0.337 e. The van der Waals surface area contributed by atoms with Gasteiger partial charge in [0.15, 0.2) is 0 Å². The highest BCUT2D eigenvalue weighted by molar-refractivity contribution is 6.30. The Bertz CT molecular complexity index is 781. The molecule has 0 bridgehead atoms. The van der Waals surface area contributed by atoms with E-state index in [0.29, 0.717) is 29.6 Å². The Morgan fingerprint density at radius 3 is 2.67 bits per heavy atom. The van der Waals surface area contributed by atoms with E-state index in [1.165, 1.54) is 18.3 Å². The van der Waals surface area contributed by atoms with E-state index in [4.69, 9.17) is 11.6 Å². The van der Waals surface area contributed by atoms with Gasteiger partial charge in [0, 0.05) is 44.6 Å². The van der Waals surface area contributed by atoms with Gasteiger partial charge in [-0.25, -0.2) is 4.39 Å². The Labute approximate surface area is 165 Å². The Morgan fingerprint density at radius 2 is 2.00 bits per heavy atom. The zero-order chi connectivity index (χ0) is 19.4. The lowest BCUT2D eigenvalue weighted by Crippen LogP contribution is -2.45. The summed E-state index contributed by atoms with van der Waals surface area (Å²) in [4.78, 5) is 21.3. The highest BCUT2D eigenvalue weighted by atomic mass is 35.5. The van der Waals surface area contributed by atoms with Crippen LogP contribution in [0.25, 0.3) is 0 Å². The molecular formula is C21H25ClFN3O. The maximum absolute atomic E-state index is 13.2. The molecule has 1 amide bonds. The molecule has 0 unspecified atom stereocenters. The van der Waals surface area contributed by atoms with Gasteiger partial charge in [-0.05, 0) is 36.1 Å².